The van der Waals surface area contributed by atoms with Crippen LogP contribution in [0, 0.1) is 5.92 Å². The van der Waals surface area contributed by atoms with Crippen LogP contribution in [0.1, 0.15) is 54.9 Å². The highest BCUT2D eigenvalue weighted by molar-refractivity contribution is 5.78. The van der Waals surface area contributed by atoms with Gasteiger partial charge in [0.1, 0.15) is 6.61 Å². The maximum absolute atomic E-state index is 11.9. The fraction of sp³-hybridized carbons (Fsp3) is 0.611. The van der Waals surface area contributed by atoms with Gasteiger partial charge in [0.05, 0.1) is 6.10 Å². The molecular formula is C18H25NO3. The molecule has 1 aliphatic carbocycles. The average Bonchev–Trinajstić information content (AvgIpc) is 2.98. The molecule has 1 heterocycles. The van der Waals surface area contributed by atoms with Crippen molar-refractivity contribution in [2.75, 3.05) is 13.7 Å². The third-order valence-electron chi connectivity index (χ3n) is 5.01. The molecule has 120 valence electrons. The molecule has 0 bridgehead atoms. The summed E-state index contributed by atoms with van der Waals surface area (Å²) in [6.07, 6.45) is 5.63. The lowest BCUT2D eigenvalue weighted by Crippen LogP contribution is -2.28. The molecule has 0 radical (unpaired) electrons. The number of hydrogen-bond acceptors (Lipinski definition) is 3. The fourth-order valence-corrected chi connectivity index (χ4v) is 3.71. The minimum atomic E-state index is -0.366. The Balaban J connectivity index is 1.70. The number of amides is 1. The molecule has 0 aromatic heterocycles. The van der Waals surface area contributed by atoms with Crippen molar-refractivity contribution >= 4 is 5.91 Å². The smallest absolute Gasteiger partial charge is 0.249 e. The summed E-state index contributed by atoms with van der Waals surface area (Å²) in [7, 11) is 1.54. The van der Waals surface area contributed by atoms with Gasteiger partial charge in [0.15, 0.2) is 0 Å². The lowest BCUT2D eigenvalue weighted by molar-refractivity contribution is -0.135. The van der Waals surface area contributed by atoms with Gasteiger partial charge in [-0.3, -0.25) is 4.79 Å². The van der Waals surface area contributed by atoms with E-state index >= 15 is 0 Å². The highest BCUT2D eigenvalue weighted by Crippen LogP contribution is 2.36. The molecule has 22 heavy (non-hydrogen) atoms. The number of methoxy groups -OCH3 is 1. The van der Waals surface area contributed by atoms with Gasteiger partial charge in [-0.2, -0.15) is 0 Å². The summed E-state index contributed by atoms with van der Waals surface area (Å²) in [4.78, 5) is 13.7. The van der Waals surface area contributed by atoms with E-state index in [4.69, 9.17) is 4.74 Å². The van der Waals surface area contributed by atoms with E-state index in [-0.39, 0.29) is 18.6 Å². The Morgan fingerprint density at radius 2 is 2.00 bits per heavy atom. The van der Waals surface area contributed by atoms with Gasteiger partial charge in [-0.05, 0) is 35.4 Å². The van der Waals surface area contributed by atoms with Crippen molar-refractivity contribution in [1.29, 1.82) is 0 Å². The van der Waals surface area contributed by atoms with Crippen LogP contribution in [0.3, 0.4) is 0 Å². The van der Waals surface area contributed by atoms with Crippen LogP contribution in [0.25, 0.3) is 0 Å². The predicted molar refractivity (Wildman–Crippen MR) is 84.1 cm³/mol. The number of benzene rings is 1. The van der Waals surface area contributed by atoms with E-state index in [9.17, 15) is 9.90 Å². The topological polar surface area (TPSA) is 49.8 Å². The number of aliphatic hydroxyl groups excluding tert-OH is 1. The van der Waals surface area contributed by atoms with Gasteiger partial charge in [-0.15, -0.1) is 0 Å². The van der Waals surface area contributed by atoms with Gasteiger partial charge in [-0.1, -0.05) is 37.5 Å². The van der Waals surface area contributed by atoms with Crippen LogP contribution in [0.5, 0.6) is 0 Å². The molecule has 1 saturated carbocycles. The Morgan fingerprint density at radius 1 is 1.27 bits per heavy atom. The molecule has 2 aliphatic rings. The number of fused-ring (bicyclic) bond motifs is 1. The first-order valence-corrected chi connectivity index (χ1v) is 8.25. The molecular weight excluding hydrogens is 278 g/mol. The quantitative estimate of drug-likeness (QED) is 0.930. The van der Waals surface area contributed by atoms with Crippen molar-refractivity contribution in [2.24, 2.45) is 5.92 Å². The Bertz CT molecular complexity index is 537. The second kappa shape index (κ2) is 6.80. The van der Waals surface area contributed by atoms with E-state index in [0.717, 1.165) is 24.0 Å². The van der Waals surface area contributed by atoms with Gasteiger partial charge >= 0.3 is 0 Å². The Hall–Kier alpha value is -1.39. The number of carbonyl (C=O) groups excluding carboxylic acids is 1. The minimum Gasteiger partial charge on any atom is -0.388 e. The molecule has 3 rings (SSSR count). The third-order valence-corrected chi connectivity index (χ3v) is 5.01. The van der Waals surface area contributed by atoms with Crippen LogP contribution >= 0.6 is 0 Å². The zero-order valence-corrected chi connectivity index (χ0v) is 13.3. The van der Waals surface area contributed by atoms with Gasteiger partial charge in [0.25, 0.3) is 0 Å². The Labute approximate surface area is 132 Å². The number of nitrogens with zero attached hydrogens (tertiary/aromatic N) is 1. The van der Waals surface area contributed by atoms with Crippen molar-refractivity contribution in [3.8, 4) is 0 Å². The van der Waals surface area contributed by atoms with Gasteiger partial charge in [0, 0.05) is 20.2 Å². The zero-order chi connectivity index (χ0) is 15.5. The summed E-state index contributed by atoms with van der Waals surface area (Å²) in [6.45, 7) is 1.41. The van der Waals surface area contributed by atoms with E-state index in [1.807, 2.05) is 11.0 Å². The monoisotopic (exact) mass is 303 g/mol. The lowest BCUT2D eigenvalue weighted by atomic mass is 9.82. The van der Waals surface area contributed by atoms with Crippen molar-refractivity contribution in [3.63, 3.8) is 0 Å². The number of hydrogen-bond donors (Lipinski definition) is 1. The van der Waals surface area contributed by atoms with E-state index in [0.29, 0.717) is 19.0 Å². The summed E-state index contributed by atoms with van der Waals surface area (Å²) in [5.41, 5.74) is 3.35. The molecule has 4 heteroatoms. The Kier molecular flexibility index (Phi) is 4.79. The molecule has 1 atom stereocenters. The number of ether oxygens (including phenoxy) is 1. The molecule has 1 aromatic rings. The van der Waals surface area contributed by atoms with Crippen LogP contribution < -0.4 is 0 Å². The number of carbonyl (C=O) groups is 1. The summed E-state index contributed by atoms with van der Waals surface area (Å²) in [5, 5.41) is 10.6. The second-order valence-electron chi connectivity index (χ2n) is 6.55. The van der Waals surface area contributed by atoms with Crippen LogP contribution in [0.4, 0.5) is 0 Å². The maximum Gasteiger partial charge on any atom is 0.249 e. The zero-order valence-electron chi connectivity index (χ0n) is 13.3. The number of rotatable bonds is 4. The van der Waals surface area contributed by atoms with Crippen molar-refractivity contribution in [2.45, 2.75) is 51.3 Å². The molecule has 4 nitrogen and oxygen atoms in total. The van der Waals surface area contributed by atoms with Crippen LogP contribution in [-0.2, 0) is 22.6 Å². The largest absolute Gasteiger partial charge is 0.388 e. The fourth-order valence-electron chi connectivity index (χ4n) is 3.71. The predicted octanol–water partition coefficient (Wildman–Crippen LogP) is 2.79. The maximum atomic E-state index is 11.9. The Morgan fingerprint density at radius 3 is 2.73 bits per heavy atom. The summed E-state index contributed by atoms with van der Waals surface area (Å²) >= 11 is 0. The molecule has 1 aliphatic heterocycles. The van der Waals surface area contributed by atoms with Crippen molar-refractivity contribution in [1.82, 2.24) is 4.90 Å². The van der Waals surface area contributed by atoms with Gasteiger partial charge in [0.2, 0.25) is 5.91 Å². The summed E-state index contributed by atoms with van der Waals surface area (Å²) < 4.78 is 4.92. The van der Waals surface area contributed by atoms with Gasteiger partial charge in [-0.25, -0.2) is 0 Å². The van der Waals surface area contributed by atoms with E-state index in [1.165, 1.54) is 24.8 Å². The average molecular weight is 303 g/mol. The first-order chi connectivity index (χ1) is 10.7. The molecule has 0 spiro atoms. The van der Waals surface area contributed by atoms with E-state index in [2.05, 4.69) is 12.1 Å². The number of aliphatic hydroxyl groups is 1. The highest BCUT2D eigenvalue weighted by Gasteiger charge is 2.27. The van der Waals surface area contributed by atoms with Gasteiger partial charge < -0.3 is 14.7 Å². The molecule has 0 saturated heterocycles. The second-order valence-corrected chi connectivity index (χ2v) is 6.55. The molecule has 1 aromatic carbocycles. The first kappa shape index (κ1) is 15.5. The third kappa shape index (κ3) is 3.18. The van der Waals surface area contributed by atoms with Crippen LogP contribution in [-0.4, -0.2) is 29.6 Å². The van der Waals surface area contributed by atoms with E-state index in [1.54, 1.807) is 7.11 Å². The molecule has 1 amide bonds. The molecule has 1 N–H and O–H groups in total. The standard InChI is InChI=1S/C18H25NO3/c1-22-12-17(20)19-10-15-8-7-14(9-16(15)11-19)18(21)13-5-3-2-4-6-13/h7-9,13,18,21H,2-6,10-12H2,1H3. The lowest BCUT2D eigenvalue weighted by Gasteiger charge is -2.27. The van der Waals surface area contributed by atoms with Crippen LogP contribution in [0.2, 0.25) is 0 Å². The molecule has 1 unspecified atom stereocenters. The molecule has 1 fully saturated rings. The van der Waals surface area contributed by atoms with Crippen LogP contribution in [0.15, 0.2) is 18.2 Å². The van der Waals surface area contributed by atoms with E-state index < -0.39 is 0 Å². The first-order valence-electron chi connectivity index (χ1n) is 8.25. The SMILES string of the molecule is COCC(=O)N1Cc2ccc(C(O)C3CCCCC3)cc2C1. The summed E-state index contributed by atoms with van der Waals surface area (Å²) in [6, 6.07) is 6.19. The highest BCUT2D eigenvalue weighted by atomic mass is 16.5. The van der Waals surface area contributed by atoms with Crippen molar-refractivity contribution < 1.29 is 14.6 Å². The normalized spacial score (nSPS) is 20.0. The summed E-state index contributed by atoms with van der Waals surface area (Å²) in [5.74, 6) is 0.410. The minimum absolute atomic E-state index is 0.0214. The van der Waals surface area contributed by atoms with Crippen molar-refractivity contribution in [3.05, 3.63) is 34.9 Å².